The highest BCUT2D eigenvalue weighted by Gasteiger charge is 2.47. The van der Waals surface area contributed by atoms with E-state index in [1.165, 1.54) is 0 Å². The van der Waals surface area contributed by atoms with Crippen LogP contribution in [0.5, 0.6) is 5.75 Å². The Morgan fingerprint density at radius 2 is 1.80 bits per heavy atom. The van der Waals surface area contributed by atoms with Crippen molar-refractivity contribution < 1.29 is 19.1 Å². The maximum absolute atomic E-state index is 13.6. The first kappa shape index (κ1) is 23.1. The van der Waals surface area contributed by atoms with Crippen LogP contribution in [0.25, 0.3) is 11.1 Å². The molecule has 1 N–H and O–H groups in total. The van der Waals surface area contributed by atoms with Gasteiger partial charge in [-0.1, -0.05) is 42.5 Å². The van der Waals surface area contributed by atoms with E-state index < -0.39 is 12.1 Å². The molecule has 0 unspecified atom stereocenters. The third-order valence-electron chi connectivity index (χ3n) is 6.77. The Morgan fingerprint density at radius 3 is 2.46 bits per heavy atom. The molecule has 2 aliphatic rings. The van der Waals surface area contributed by atoms with Crippen LogP contribution in [0.4, 0.5) is 5.82 Å². The number of hydrogen-bond donors (Lipinski definition) is 1. The molecule has 1 aliphatic heterocycles. The van der Waals surface area contributed by atoms with Gasteiger partial charge in [-0.3, -0.25) is 9.59 Å². The van der Waals surface area contributed by atoms with E-state index in [2.05, 4.69) is 10.3 Å². The van der Waals surface area contributed by atoms with E-state index >= 15 is 0 Å². The summed E-state index contributed by atoms with van der Waals surface area (Å²) in [5.41, 5.74) is 4.81. The number of amides is 2. The third-order valence-corrected chi connectivity index (χ3v) is 6.77. The number of pyridine rings is 1. The summed E-state index contributed by atoms with van der Waals surface area (Å²) in [5, 5.41) is 2.97. The van der Waals surface area contributed by atoms with Gasteiger partial charge in [0.05, 0.1) is 13.2 Å². The molecule has 2 fully saturated rings. The summed E-state index contributed by atoms with van der Waals surface area (Å²) in [6.07, 6.45) is 1.02. The van der Waals surface area contributed by atoms with Crippen molar-refractivity contribution in [2.24, 2.45) is 0 Å². The van der Waals surface area contributed by atoms with Crippen LogP contribution in [-0.4, -0.2) is 47.6 Å². The molecule has 7 nitrogen and oxygen atoms in total. The minimum Gasteiger partial charge on any atom is -0.497 e. The lowest BCUT2D eigenvalue weighted by molar-refractivity contribution is -0.163. The van der Waals surface area contributed by atoms with Crippen molar-refractivity contribution in [3.63, 3.8) is 0 Å². The van der Waals surface area contributed by atoms with Gasteiger partial charge in [-0.05, 0) is 67.1 Å². The molecule has 35 heavy (non-hydrogen) atoms. The molecule has 3 aromatic rings. The van der Waals surface area contributed by atoms with Gasteiger partial charge in [-0.25, -0.2) is 4.98 Å². The quantitative estimate of drug-likeness (QED) is 0.575. The fourth-order valence-electron chi connectivity index (χ4n) is 4.68. The molecule has 2 atom stereocenters. The average molecular weight is 472 g/mol. The number of morpholine rings is 1. The van der Waals surface area contributed by atoms with Crippen molar-refractivity contribution in [1.29, 1.82) is 0 Å². The van der Waals surface area contributed by atoms with Crippen LogP contribution in [0.15, 0.2) is 60.7 Å². The first-order valence-electron chi connectivity index (χ1n) is 11.9. The fourth-order valence-corrected chi connectivity index (χ4v) is 4.68. The van der Waals surface area contributed by atoms with E-state index in [-0.39, 0.29) is 24.5 Å². The van der Waals surface area contributed by atoms with Crippen LogP contribution < -0.4 is 10.1 Å². The molecular weight excluding hydrogens is 442 g/mol. The molecule has 2 aromatic carbocycles. The first-order valence-corrected chi connectivity index (χ1v) is 11.9. The number of carbonyl (C=O) groups is 2. The molecule has 1 saturated heterocycles. The highest BCUT2D eigenvalue weighted by molar-refractivity contribution is 5.96. The number of ether oxygens (including phenoxy) is 2. The smallest absolute Gasteiger partial charge is 0.257 e. The minimum atomic E-state index is -0.856. The number of aromatic nitrogens is 1. The lowest BCUT2D eigenvalue weighted by atomic mass is 9.96. The first-order chi connectivity index (χ1) is 17.0. The minimum absolute atomic E-state index is 0.0898. The van der Waals surface area contributed by atoms with Crippen molar-refractivity contribution in [1.82, 2.24) is 9.88 Å². The Balaban J connectivity index is 1.46. The van der Waals surface area contributed by atoms with Gasteiger partial charge in [-0.15, -0.1) is 0 Å². The molecular formula is C28H29N3O4. The van der Waals surface area contributed by atoms with E-state index in [0.717, 1.165) is 40.8 Å². The van der Waals surface area contributed by atoms with Crippen molar-refractivity contribution in [3.8, 4) is 16.9 Å². The Bertz CT molecular complexity index is 1240. The van der Waals surface area contributed by atoms with Gasteiger partial charge in [-0.2, -0.15) is 0 Å². The SMILES string of the molecule is COc1ccc([C@@H]2[C@@H](C(=O)Nc3cc(-c4ccccc4)c(C)c(C)n3)OCC(=O)N2C2CC2)cc1. The molecule has 2 heterocycles. The maximum atomic E-state index is 13.6. The van der Waals surface area contributed by atoms with E-state index in [0.29, 0.717) is 11.6 Å². The molecule has 0 spiro atoms. The fraction of sp³-hybridized carbons (Fsp3) is 0.321. The largest absolute Gasteiger partial charge is 0.497 e. The second-order valence-electron chi connectivity index (χ2n) is 9.10. The van der Waals surface area contributed by atoms with Gasteiger partial charge in [0.1, 0.15) is 18.2 Å². The number of nitrogens with zero attached hydrogens (tertiary/aromatic N) is 2. The standard InChI is InChI=1S/C28H29N3O4/c1-17-18(2)29-24(15-23(17)19-7-5-4-6-8-19)30-28(33)27-26(20-9-13-22(34-3)14-10-20)31(21-11-12-21)25(32)16-35-27/h4-10,13-15,21,26-27H,11-12,16H2,1-3H3,(H,29,30,33)/t26-,27+/m1/s1. The lowest BCUT2D eigenvalue weighted by Gasteiger charge is -2.40. The summed E-state index contributed by atoms with van der Waals surface area (Å²) in [7, 11) is 1.61. The zero-order valence-corrected chi connectivity index (χ0v) is 20.2. The summed E-state index contributed by atoms with van der Waals surface area (Å²) in [6, 6.07) is 19.0. The lowest BCUT2D eigenvalue weighted by Crippen LogP contribution is -2.53. The highest BCUT2D eigenvalue weighted by Crippen LogP contribution is 2.40. The molecule has 0 radical (unpaired) electrons. The van der Waals surface area contributed by atoms with Crippen molar-refractivity contribution in [2.75, 3.05) is 19.0 Å². The van der Waals surface area contributed by atoms with Gasteiger partial charge >= 0.3 is 0 Å². The molecule has 1 aliphatic carbocycles. The van der Waals surface area contributed by atoms with Crippen molar-refractivity contribution in [3.05, 3.63) is 77.5 Å². The van der Waals surface area contributed by atoms with Crippen LogP contribution in [-0.2, 0) is 14.3 Å². The van der Waals surface area contributed by atoms with Crippen molar-refractivity contribution >= 4 is 17.6 Å². The Kier molecular flexibility index (Phi) is 6.26. The zero-order valence-electron chi connectivity index (χ0n) is 20.2. The summed E-state index contributed by atoms with van der Waals surface area (Å²) in [4.78, 5) is 32.8. The highest BCUT2D eigenvalue weighted by atomic mass is 16.5. The molecule has 0 bridgehead atoms. The van der Waals surface area contributed by atoms with Gasteiger partial charge in [0.2, 0.25) is 5.91 Å². The monoisotopic (exact) mass is 471 g/mol. The number of hydrogen-bond acceptors (Lipinski definition) is 5. The summed E-state index contributed by atoms with van der Waals surface area (Å²) >= 11 is 0. The predicted molar refractivity (Wildman–Crippen MR) is 133 cm³/mol. The van der Waals surface area contributed by atoms with Crippen LogP contribution in [0.1, 0.15) is 35.7 Å². The number of carbonyl (C=O) groups excluding carboxylic acids is 2. The van der Waals surface area contributed by atoms with E-state index in [4.69, 9.17) is 9.47 Å². The number of rotatable bonds is 6. The summed E-state index contributed by atoms with van der Waals surface area (Å²) in [5.74, 6) is 0.763. The van der Waals surface area contributed by atoms with E-state index in [1.54, 1.807) is 7.11 Å². The number of benzene rings is 2. The normalized spacial score (nSPS) is 20.0. The van der Waals surface area contributed by atoms with E-state index in [1.807, 2.05) is 79.4 Å². The summed E-state index contributed by atoms with van der Waals surface area (Å²) < 4.78 is 11.1. The van der Waals surface area contributed by atoms with E-state index in [9.17, 15) is 9.59 Å². The molecule has 7 heteroatoms. The number of nitrogens with one attached hydrogen (secondary N) is 1. The van der Waals surface area contributed by atoms with Gasteiger partial charge < -0.3 is 19.7 Å². The van der Waals surface area contributed by atoms with Gasteiger partial charge in [0.25, 0.3) is 5.91 Å². The number of anilines is 1. The Hall–Kier alpha value is -3.71. The Labute approximate surface area is 205 Å². The average Bonchev–Trinajstić information content (AvgIpc) is 3.71. The third kappa shape index (κ3) is 4.64. The maximum Gasteiger partial charge on any atom is 0.257 e. The molecule has 1 aromatic heterocycles. The zero-order chi connectivity index (χ0) is 24.5. The number of methoxy groups -OCH3 is 1. The summed E-state index contributed by atoms with van der Waals surface area (Å²) in [6.45, 7) is 3.85. The molecule has 2 amide bonds. The van der Waals surface area contributed by atoms with Crippen LogP contribution in [0.3, 0.4) is 0 Å². The molecule has 180 valence electrons. The van der Waals surface area contributed by atoms with Crippen LogP contribution in [0, 0.1) is 13.8 Å². The number of aryl methyl sites for hydroxylation is 1. The molecule has 5 rings (SSSR count). The Morgan fingerprint density at radius 1 is 1.09 bits per heavy atom. The van der Waals surface area contributed by atoms with Crippen LogP contribution >= 0.6 is 0 Å². The van der Waals surface area contributed by atoms with Gasteiger partial charge in [0, 0.05) is 11.7 Å². The predicted octanol–water partition coefficient (Wildman–Crippen LogP) is 4.44. The van der Waals surface area contributed by atoms with Crippen molar-refractivity contribution in [2.45, 2.75) is 44.9 Å². The second-order valence-corrected chi connectivity index (χ2v) is 9.10. The van der Waals surface area contributed by atoms with Crippen LogP contribution in [0.2, 0.25) is 0 Å². The topological polar surface area (TPSA) is 80.8 Å². The second kappa shape index (κ2) is 9.50. The molecule has 1 saturated carbocycles. The van der Waals surface area contributed by atoms with Gasteiger partial charge in [0.15, 0.2) is 6.10 Å².